The molecule has 0 bridgehead atoms. The monoisotopic (exact) mass is 293 g/mol. The third-order valence-corrected chi connectivity index (χ3v) is 3.39. The second-order valence-corrected chi connectivity index (χ2v) is 4.81. The van der Waals surface area contributed by atoms with Crippen LogP contribution in [-0.2, 0) is 12.8 Å². The van der Waals surface area contributed by atoms with E-state index < -0.39 is 0 Å². The zero-order valence-corrected chi connectivity index (χ0v) is 11.0. The molecule has 1 aliphatic rings. The van der Waals surface area contributed by atoms with Gasteiger partial charge >= 0.3 is 0 Å². The molecule has 0 radical (unpaired) electrons. The summed E-state index contributed by atoms with van der Waals surface area (Å²) in [5, 5.41) is 3.14. The number of nitrogens with one attached hydrogen (secondary N) is 1. The quantitative estimate of drug-likeness (QED) is 0.925. The number of hydrogen-bond acceptors (Lipinski definition) is 4. The standard InChI is InChI=1S/C12H12BrN3O/c1-14-11-7-3-2-4-8(7)15-12(16-11)9-5-6-10(13)17-9/h5-6H,2-4H2,1H3,(H,14,15,16). The van der Waals surface area contributed by atoms with Gasteiger partial charge in [0.15, 0.2) is 16.3 Å². The first-order valence-corrected chi connectivity index (χ1v) is 6.40. The van der Waals surface area contributed by atoms with Crippen LogP contribution in [0.3, 0.4) is 0 Å². The van der Waals surface area contributed by atoms with Gasteiger partial charge in [0.25, 0.3) is 0 Å². The Bertz CT molecular complexity index is 565. The first-order chi connectivity index (χ1) is 8.28. The molecule has 3 rings (SSSR count). The van der Waals surface area contributed by atoms with Crippen molar-refractivity contribution in [3.63, 3.8) is 0 Å². The van der Waals surface area contributed by atoms with Crippen LogP contribution in [0.5, 0.6) is 0 Å². The van der Waals surface area contributed by atoms with Crippen LogP contribution in [0, 0.1) is 0 Å². The maximum atomic E-state index is 5.49. The van der Waals surface area contributed by atoms with E-state index in [-0.39, 0.29) is 0 Å². The maximum Gasteiger partial charge on any atom is 0.197 e. The SMILES string of the molecule is CNc1nc(-c2ccc(Br)o2)nc2c1CCC2. The fourth-order valence-electron chi connectivity index (χ4n) is 2.18. The topological polar surface area (TPSA) is 51.0 Å². The predicted molar refractivity (Wildman–Crippen MR) is 69.0 cm³/mol. The smallest absolute Gasteiger partial charge is 0.197 e. The Morgan fingerprint density at radius 1 is 1.29 bits per heavy atom. The van der Waals surface area contributed by atoms with E-state index in [1.165, 1.54) is 5.56 Å². The van der Waals surface area contributed by atoms with Crippen LogP contribution < -0.4 is 5.32 Å². The molecule has 0 fully saturated rings. The second kappa shape index (κ2) is 4.14. The van der Waals surface area contributed by atoms with Crippen molar-refractivity contribution in [2.45, 2.75) is 19.3 Å². The van der Waals surface area contributed by atoms with Gasteiger partial charge in [-0.05, 0) is 47.3 Å². The lowest BCUT2D eigenvalue weighted by molar-refractivity contribution is 0.551. The van der Waals surface area contributed by atoms with Crippen molar-refractivity contribution in [1.82, 2.24) is 9.97 Å². The molecule has 1 aliphatic carbocycles. The highest BCUT2D eigenvalue weighted by atomic mass is 79.9. The Balaban J connectivity index is 2.12. The molecule has 0 spiro atoms. The molecule has 1 N–H and O–H groups in total. The summed E-state index contributed by atoms with van der Waals surface area (Å²) in [6.45, 7) is 0. The molecule has 17 heavy (non-hydrogen) atoms. The number of fused-ring (bicyclic) bond motifs is 1. The van der Waals surface area contributed by atoms with E-state index in [0.717, 1.165) is 30.8 Å². The fraction of sp³-hybridized carbons (Fsp3) is 0.333. The number of hydrogen-bond donors (Lipinski definition) is 1. The van der Waals surface area contributed by atoms with Crippen molar-refractivity contribution >= 4 is 21.7 Å². The minimum atomic E-state index is 0.653. The summed E-state index contributed by atoms with van der Waals surface area (Å²) in [4.78, 5) is 9.09. The minimum Gasteiger partial charge on any atom is -0.446 e. The van der Waals surface area contributed by atoms with Crippen molar-refractivity contribution in [3.05, 3.63) is 28.1 Å². The molecule has 0 atom stereocenters. The molecular formula is C12H12BrN3O. The van der Waals surface area contributed by atoms with Crippen molar-refractivity contribution in [3.8, 4) is 11.6 Å². The van der Waals surface area contributed by atoms with Crippen LogP contribution >= 0.6 is 15.9 Å². The molecular weight excluding hydrogens is 282 g/mol. The number of rotatable bonds is 2. The third kappa shape index (κ3) is 1.84. The van der Waals surface area contributed by atoms with Gasteiger partial charge in [0.05, 0.1) is 0 Å². The van der Waals surface area contributed by atoms with E-state index in [0.29, 0.717) is 16.3 Å². The zero-order chi connectivity index (χ0) is 11.8. The average Bonchev–Trinajstić information content (AvgIpc) is 2.95. The van der Waals surface area contributed by atoms with Crippen molar-refractivity contribution in [2.75, 3.05) is 12.4 Å². The van der Waals surface area contributed by atoms with E-state index in [4.69, 9.17) is 4.42 Å². The lowest BCUT2D eigenvalue weighted by Crippen LogP contribution is -2.02. The largest absolute Gasteiger partial charge is 0.446 e. The molecule has 0 saturated carbocycles. The number of aryl methyl sites for hydroxylation is 1. The Morgan fingerprint density at radius 2 is 2.18 bits per heavy atom. The number of nitrogens with zero attached hydrogens (tertiary/aromatic N) is 2. The Labute approximate surface area is 108 Å². The number of halogens is 1. The van der Waals surface area contributed by atoms with Gasteiger partial charge in [-0.15, -0.1) is 0 Å². The summed E-state index contributed by atoms with van der Waals surface area (Å²) in [7, 11) is 1.89. The number of aromatic nitrogens is 2. The summed E-state index contributed by atoms with van der Waals surface area (Å²) in [6, 6.07) is 3.73. The van der Waals surface area contributed by atoms with Gasteiger partial charge in [-0.2, -0.15) is 0 Å². The van der Waals surface area contributed by atoms with Crippen LogP contribution in [0.15, 0.2) is 21.2 Å². The van der Waals surface area contributed by atoms with Gasteiger partial charge in [0.1, 0.15) is 5.82 Å². The summed E-state index contributed by atoms with van der Waals surface area (Å²) in [5.41, 5.74) is 2.40. The van der Waals surface area contributed by atoms with E-state index >= 15 is 0 Å². The Morgan fingerprint density at radius 3 is 2.88 bits per heavy atom. The van der Waals surface area contributed by atoms with Crippen LogP contribution in [0.25, 0.3) is 11.6 Å². The predicted octanol–water partition coefficient (Wildman–Crippen LogP) is 3.03. The van der Waals surface area contributed by atoms with Crippen molar-refractivity contribution in [1.29, 1.82) is 0 Å². The molecule has 0 saturated heterocycles. The molecule has 5 heteroatoms. The van der Waals surface area contributed by atoms with Crippen molar-refractivity contribution < 1.29 is 4.42 Å². The molecule has 2 aromatic heterocycles. The molecule has 2 heterocycles. The third-order valence-electron chi connectivity index (χ3n) is 2.96. The lowest BCUT2D eigenvalue weighted by atomic mass is 10.2. The highest BCUT2D eigenvalue weighted by molar-refractivity contribution is 9.10. The summed E-state index contributed by atoms with van der Waals surface area (Å²) >= 11 is 3.29. The van der Waals surface area contributed by atoms with Gasteiger partial charge in [0.2, 0.25) is 0 Å². The summed E-state index contributed by atoms with van der Waals surface area (Å²) in [6.07, 6.45) is 3.25. The van der Waals surface area contributed by atoms with Crippen LogP contribution in [-0.4, -0.2) is 17.0 Å². The van der Waals surface area contributed by atoms with Gasteiger partial charge in [0, 0.05) is 18.3 Å². The van der Waals surface area contributed by atoms with Gasteiger partial charge < -0.3 is 9.73 Å². The van der Waals surface area contributed by atoms with E-state index in [1.54, 1.807) is 0 Å². The first kappa shape index (κ1) is 10.8. The van der Waals surface area contributed by atoms with Gasteiger partial charge in [-0.25, -0.2) is 9.97 Å². The van der Waals surface area contributed by atoms with Gasteiger partial charge in [-0.3, -0.25) is 0 Å². The van der Waals surface area contributed by atoms with E-state index in [2.05, 4.69) is 31.2 Å². The molecule has 88 valence electrons. The van der Waals surface area contributed by atoms with E-state index in [9.17, 15) is 0 Å². The maximum absolute atomic E-state index is 5.49. The van der Waals surface area contributed by atoms with Crippen LogP contribution in [0.1, 0.15) is 17.7 Å². The van der Waals surface area contributed by atoms with Crippen molar-refractivity contribution in [2.24, 2.45) is 0 Å². The number of anilines is 1. The molecule has 4 nitrogen and oxygen atoms in total. The molecule has 0 aliphatic heterocycles. The van der Waals surface area contributed by atoms with Crippen LogP contribution in [0.2, 0.25) is 0 Å². The Hall–Kier alpha value is -1.36. The molecule has 0 amide bonds. The highest BCUT2D eigenvalue weighted by Gasteiger charge is 2.20. The second-order valence-electron chi connectivity index (χ2n) is 4.03. The Kier molecular flexibility index (Phi) is 2.63. The first-order valence-electron chi connectivity index (χ1n) is 5.61. The molecule has 2 aromatic rings. The summed E-state index contributed by atoms with van der Waals surface area (Å²) < 4.78 is 6.19. The zero-order valence-electron chi connectivity index (χ0n) is 9.46. The summed E-state index contributed by atoms with van der Waals surface area (Å²) in [5.74, 6) is 2.28. The molecule has 0 aromatic carbocycles. The lowest BCUT2D eigenvalue weighted by Gasteiger charge is -2.07. The normalized spacial score (nSPS) is 13.8. The number of furan rings is 1. The molecule has 0 unspecified atom stereocenters. The van der Waals surface area contributed by atoms with Crippen LogP contribution in [0.4, 0.5) is 5.82 Å². The highest BCUT2D eigenvalue weighted by Crippen LogP contribution is 2.30. The average molecular weight is 294 g/mol. The fourth-order valence-corrected chi connectivity index (χ4v) is 2.49. The minimum absolute atomic E-state index is 0.653. The van der Waals surface area contributed by atoms with Gasteiger partial charge in [-0.1, -0.05) is 0 Å². The van der Waals surface area contributed by atoms with E-state index in [1.807, 2.05) is 19.2 Å².